The number of hydrogen-bond acceptors (Lipinski definition) is 3. The molecule has 0 radical (unpaired) electrons. The van der Waals surface area contributed by atoms with Gasteiger partial charge in [-0.1, -0.05) is 0 Å². The molecule has 3 rings (SSSR count). The zero-order valence-electron chi connectivity index (χ0n) is 12.6. The maximum atomic E-state index is 12.5. The SMILES string of the molecule is Cc1[nH]nc(CCC(=O)N2CCC[C@H]2c2ccco2)c1C. The number of H-pyrrole nitrogens is 1. The van der Waals surface area contributed by atoms with Crippen molar-refractivity contribution in [2.24, 2.45) is 0 Å². The Labute approximate surface area is 124 Å². The van der Waals surface area contributed by atoms with Crippen molar-refractivity contribution in [1.82, 2.24) is 15.1 Å². The molecule has 0 bridgehead atoms. The number of amides is 1. The Balaban J connectivity index is 1.63. The average molecular weight is 287 g/mol. The van der Waals surface area contributed by atoms with Gasteiger partial charge in [-0.2, -0.15) is 5.10 Å². The lowest BCUT2D eigenvalue weighted by molar-refractivity contribution is -0.132. The smallest absolute Gasteiger partial charge is 0.223 e. The summed E-state index contributed by atoms with van der Waals surface area (Å²) in [4.78, 5) is 14.4. The second kappa shape index (κ2) is 5.76. The van der Waals surface area contributed by atoms with Crippen LogP contribution in [0, 0.1) is 13.8 Å². The second-order valence-electron chi connectivity index (χ2n) is 5.68. The number of nitrogens with one attached hydrogen (secondary N) is 1. The van der Waals surface area contributed by atoms with Gasteiger partial charge in [0.15, 0.2) is 0 Å². The first kappa shape index (κ1) is 13.9. The molecule has 1 N–H and O–H groups in total. The molecule has 112 valence electrons. The second-order valence-corrected chi connectivity index (χ2v) is 5.68. The number of nitrogens with zero attached hydrogens (tertiary/aromatic N) is 2. The Hall–Kier alpha value is -2.04. The summed E-state index contributed by atoms with van der Waals surface area (Å²) in [5, 5.41) is 7.24. The van der Waals surface area contributed by atoms with Gasteiger partial charge in [-0.3, -0.25) is 9.89 Å². The lowest BCUT2D eigenvalue weighted by atomic mass is 10.1. The molecule has 1 fully saturated rings. The van der Waals surface area contributed by atoms with Crippen LogP contribution < -0.4 is 0 Å². The van der Waals surface area contributed by atoms with E-state index in [0.29, 0.717) is 12.8 Å². The average Bonchev–Trinajstić information content (AvgIpc) is 3.19. The van der Waals surface area contributed by atoms with Crippen LogP contribution in [-0.2, 0) is 11.2 Å². The normalized spacial score (nSPS) is 18.4. The molecular weight excluding hydrogens is 266 g/mol. The van der Waals surface area contributed by atoms with Crippen molar-refractivity contribution in [2.45, 2.75) is 45.6 Å². The van der Waals surface area contributed by atoms with Gasteiger partial charge in [0.05, 0.1) is 18.0 Å². The molecule has 2 aromatic heterocycles. The number of carbonyl (C=O) groups is 1. The van der Waals surface area contributed by atoms with E-state index >= 15 is 0 Å². The van der Waals surface area contributed by atoms with Gasteiger partial charge in [0.1, 0.15) is 5.76 Å². The van der Waals surface area contributed by atoms with Crippen molar-refractivity contribution in [3.8, 4) is 0 Å². The van der Waals surface area contributed by atoms with Gasteiger partial charge in [0.2, 0.25) is 5.91 Å². The first-order valence-corrected chi connectivity index (χ1v) is 7.50. The van der Waals surface area contributed by atoms with Gasteiger partial charge in [-0.05, 0) is 44.4 Å². The van der Waals surface area contributed by atoms with Crippen LogP contribution >= 0.6 is 0 Å². The number of hydrogen-bond donors (Lipinski definition) is 1. The van der Waals surface area contributed by atoms with Crippen LogP contribution in [0.25, 0.3) is 0 Å². The van der Waals surface area contributed by atoms with E-state index in [2.05, 4.69) is 10.2 Å². The van der Waals surface area contributed by atoms with E-state index in [1.165, 1.54) is 0 Å². The van der Waals surface area contributed by atoms with Crippen molar-refractivity contribution in [1.29, 1.82) is 0 Å². The minimum atomic E-state index is 0.106. The molecule has 2 aromatic rings. The standard InChI is InChI=1S/C16H21N3O2/c1-11-12(2)17-18-13(11)7-8-16(20)19-9-3-5-14(19)15-6-4-10-21-15/h4,6,10,14H,3,5,7-9H2,1-2H3,(H,17,18)/t14-/m0/s1. The highest BCUT2D eigenvalue weighted by atomic mass is 16.3. The van der Waals surface area contributed by atoms with Crippen molar-refractivity contribution >= 4 is 5.91 Å². The fraction of sp³-hybridized carbons (Fsp3) is 0.500. The third kappa shape index (κ3) is 2.73. The molecule has 0 unspecified atom stereocenters. The van der Waals surface area contributed by atoms with E-state index in [4.69, 9.17) is 4.42 Å². The fourth-order valence-electron chi connectivity index (χ4n) is 2.99. The molecule has 1 aliphatic rings. The van der Waals surface area contributed by atoms with Crippen LogP contribution in [0.3, 0.4) is 0 Å². The zero-order chi connectivity index (χ0) is 14.8. The molecule has 1 aliphatic heterocycles. The molecule has 0 spiro atoms. The number of carbonyl (C=O) groups excluding carboxylic acids is 1. The predicted molar refractivity (Wildman–Crippen MR) is 78.8 cm³/mol. The molecule has 5 nitrogen and oxygen atoms in total. The third-order valence-corrected chi connectivity index (χ3v) is 4.37. The van der Waals surface area contributed by atoms with E-state index < -0.39 is 0 Å². The number of rotatable bonds is 4. The van der Waals surface area contributed by atoms with E-state index in [1.54, 1.807) is 6.26 Å². The van der Waals surface area contributed by atoms with Crippen LogP contribution in [0.1, 0.15) is 48.0 Å². The van der Waals surface area contributed by atoms with Crippen LogP contribution in [0.2, 0.25) is 0 Å². The summed E-state index contributed by atoms with van der Waals surface area (Å²) < 4.78 is 5.47. The first-order valence-electron chi connectivity index (χ1n) is 7.50. The molecule has 1 atom stereocenters. The lowest BCUT2D eigenvalue weighted by Crippen LogP contribution is -2.30. The summed E-state index contributed by atoms with van der Waals surface area (Å²) in [6, 6.07) is 3.94. The summed E-state index contributed by atoms with van der Waals surface area (Å²) in [6.45, 7) is 4.87. The molecule has 5 heteroatoms. The van der Waals surface area contributed by atoms with Gasteiger partial charge < -0.3 is 9.32 Å². The van der Waals surface area contributed by atoms with Gasteiger partial charge >= 0.3 is 0 Å². The Bertz CT molecular complexity index is 616. The minimum absolute atomic E-state index is 0.106. The fourth-order valence-corrected chi connectivity index (χ4v) is 2.99. The maximum absolute atomic E-state index is 12.5. The topological polar surface area (TPSA) is 62.1 Å². The Kier molecular flexibility index (Phi) is 3.82. The minimum Gasteiger partial charge on any atom is -0.467 e. The first-order chi connectivity index (χ1) is 10.2. The van der Waals surface area contributed by atoms with Crippen LogP contribution in [0.5, 0.6) is 0 Å². The largest absolute Gasteiger partial charge is 0.467 e. The molecule has 1 saturated heterocycles. The monoisotopic (exact) mass is 287 g/mol. The molecule has 3 heterocycles. The summed E-state index contributed by atoms with van der Waals surface area (Å²) >= 11 is 0. The van der Waals surface area contributed by atoms with Crippen LogP contribution in [-0.4, -0.2) is 27.5 Å². The van der Waals surface area contributed by atoms with Crippen LogP contribution in [0.4, 0.5) is 0 Å². The molecule has 0 aliphatic carbocycles. The van der Waals surface area contributed by atoms with Crippen LogP contribution in [0.15, 0.2) is 22.8 Å². The van der Waals surface area contributed by atoms with E-state index in [9.17, 15) is 4.79 Å². The van der Waals surface area contributed by atoms with Crippen molar-refractivity contribution in [3.63, 3.8) is 0 Å². The maximum Gasteiger partial charge on any atom is 0.223 e. The summed E-state index contributed by atoms with van der Waals surface area (Å²) in [7, 11) is 0. The zero-order valence-corrected chi connectivity index (χ0v) is 12.6. The van der Waals surface area contributed by atoms with Gasteiger partial charge in [-0.25, -0.2) is 0 Å². The van der Waals surface area contributed by atoms with Gasteiger partial charge in [0.25, 0.3) is 0 Å². The molecule has 0 aromatic carbocycles. The van der Waals surface area contributed by atoms with E-state index in [0.717, 1.165) is 42.1 Å². The third-order valence-electron chi connectivity index (χ3n) is 4.37. The molecule has 1 amide bonds. The summed E-state index contributed by atoms with van der Waals surface area (Å²) in [5.74, 6) is 1.08. The molecule has 0 saturated carbocycles. The number of aromatic amines is 1. The number of furan rings is 1. The Morgan fingerprint density at radius 1 is 1.52 bits per heavy atom. The van der Waals surface area contributed by atoms with Crippen molar-refractivity contribution in [3.05, 3.63) is 41.1 Å². The molecule has 21 heavy (non-hydrogen) atoms. The quantitative estimate of drug-likeness (QED) is 0.940. The summed E-state index contributed by atoms with van der Waals surface area (Å²) in [6.07, 6.45) is 4.89. The van der Waals surface area contributed by atoms with Gasteiger partial charge in [0, 0.05) is 25.1 Å². The van der Waals surface area contributed by atoms with Crippen molar-refractivity contribution < 1.29 is 9.21 Å². The highest BCUT2D eigenvalue weighted by Gasteiger charge is 2.31. The highest BCUT2D eigenvalue weighted by molar-refractivity contribution is 5.77. The number of likely N-dealkylation sites (tertiary alicyclic amines) is 1. The number of aromatic nitrogens is 2. The Morgan fingerprint density at radius 3 is 3.05 bits per heavy atom. The van der Waals surface area contributed by atoms with Gasteiger partial charge in [-0.15, -0.1) is 0 Å². The molecular formula is C16H21N3O2. The predicted octanol–water partition coefficient (Wildman–Crippen LogP) is 2.92. The Morgan fingerprint density at radius 2 is 2.38 bits per heavy atom. The lowest BCUT2D eigenvalue weighted by Gasteiger charge is -2.23. The van der Waals surface area contributed by atoms with E-state index in [1.807, 2.05) is 30.9 Å². The summed E-state index contributed by atoms with van der Waals surface area (Å²) in [5.41, 5.74) is 3.23. The highest BCUT2D eigenvalue weighted by Crippen LogP contribution is 2.32. The van der Waals surface area contributed by atoms with E-state index in [-0.39, 0.29) is 11.9 Å². The number of aryl methyl sites for hydroxylation is 2. The van der Waals surface area contributed by atoms with Crippen molar-refractivity contribution in [2.75, 3.05) is 6.54 Å².